The van der Waals surface area contributed by atoms with Crippen LogP contribution in [0.15, 0.2) is 24.3 Å². The lowest BCUT2D eigenvalue weighted by atomic mass is 9.77. The van der Waals surface area contributed by atoms with E-state index in [1.807, 2.05) is 14.2 Å². The van der Waals surface area contributed by atoms with Crippen LogP contribution in [0.5, 0.6) is 0 Å². The molecule has 0 bridgehead atoms. The Morgan fingerprint density at radius 1 is 0.400 bits per heavy atom. The van der Waals surface area contributed by atoms with Gasteiger partial charge in [0.15, 0.2) is 0 Å². The van der Waals surface area contributed by atoms with Crippen molar-refractivity contribution in [3.05, 3.63) is 24.3 Å². The Bertz CT molecular complexity index is 699. The van der Waals surface area contributed by atoms with Crippen molar-refractivity contribution in [2.75, 3.05) is 14.2 Å². The van der Waals surface area contributed by atoms with E-state index >= 15 is 0 Å². The highest BCUT2D eigenvalue weighted by Gasteiger charge is 2.37. The molecule has 3 nitrogen and oxygen atoms in total. The molecule has 5 aliphatic rings. The SMILES string of the molecule is COC1CCC(/C=C/C2CCC(N(C3CCC(C)CC3)C3CCC(/C=C/C4CCC(OC)CC4)CC3)CC2)CC1. The van der Waals surface area contributed by atoms with Crippen molar-refractivity contribution in [3.63, 3.8) is 0 Å². The number of ether oxygens (including phenoxy) is 2. The zero-order chi connectivity index (χ0) is 27.7. The van der Waals surface area contributed by atoms with E-state index in [1.165, 1.54) is 128 Å². The van der Waals surface area contributed by atoms with Crippen LogP contribution in [-0.2, 0) is 9.47 Å². The summed E-state index contributed by atoms with van der Waals surface area (Å²) in [6.45, 7) is 2.49. The predicted octanol–water partition coefficient (Wildman–Crippen LogP) is 9.51. The third-order valence-corrected chi connectivity index (χ3v) is 12.1. The van der Waals surface area contributed by atoms with Gasteiger partial charge in [-0.3, -0.25) is 4.90 Å². The van der Waals surface area contributed by atoms with E-state index < -0.39 is 0 Å². The van der Waals surface area contributed by atoms with Gasteiger partial charge >= 0.3 is 0 Å². The van der Waals surface area contributed by atoms with Gasteiger partial charge in [0.1, 0.15) is 0 Å². The molecule has 0 amide bonds. The molecule has 5 aliphatic carbocycles. The quantitative estimate of drug-likeness (QED) is 0.265. The highest BCUT2D eigenvalue weighted by atomic mass is 16.5. The average Bonchev–Trinajstić information content (AvgIpc) is 3.02. The monoisotopic (exact) mass is 553 g/mol. The molecule has 0 unspecified atom stereocenters. The maximum absolute atomic E-state index is 5.59. The molecule has 5 fully saturated rings. The van der Waals surface area contributed by atoms with Gasteiger partial charge in [-0.25, -0.2) is 0 Å². The first kappa shape index (κ1) is 30.8. The Morgan fingerprint density at radius 2 is 0.675 bits per heavy atom. The molecule has 0 aromatic carbocycles. The van der Waals surface area contributed by atoms with Gasteiger partial charge in [0.05, 0.1) is 12.2 Å². The molecule has 0 heterocycles. The standard InChI is InChI=1S/C37H63NO2/c1-28-4-18-33(19-5-28)38(34-20-10-29(11-21-34)6-8-31-14-24-36(39-2)25-15-31)35-22-12-30(13-23-35)7-9-32-16-26-37(40-3)27-17-32/h6-9,28-37H,4-5,10-27H2,1-3H3/b8-6+,9-7+. The van der Waals surface area contributed by atoms with Crippen LogP contribution in [0.4, 0.5) is 0 Å². The van der Waals surface area contributed by atoms with Crippen molar-refractivity contribution < 1.29 is 9.47 Å². The fraction of sp³-hybridized carbons (Fsp3) is 0.892. The van der Waals surface area contributed by atoms with Crippen LogP contribution in [0.2, 0.25) is 0 Å². The minimum atomic E-state index is 0.515. The van der Waals surface area contributed by atoms with Crippen LogP contribution < -0.4 is 0 Å². The van der Waals surface area contributed by atoms with Gasteiger partial charge in [0.2, 0.25) is 0 Å². The molecule has 0 atom stereocenters. The maximum atomic E-state index is 5.59. The average molecular weight is 554 g/mol. The van der Waals surface area contributed by atoms with E-state index in [0.717, 1.165) is 47.7 Å². The predicted molar refractivity (Wildman–Crippen MR) is 169 cm³/mol. The molecular weight excluding hydrogens is 490 g/mol. The first-order valence-electron chi connectivity index (χ1n) is 17.8. The van der Waals surface area contributed by atoms with Gasteiger partial charge in [0.25, 0.3) is 0 Å². The summed E-state index contributed by atoms with van der Waals surface area (Å²) in [5, 5.41) is 0. The van der Waals surface area contributed by atoms with E-state index in [2.05, 4.69) is 36.1 Å². The number of rotatable bonds is 9. The van der Waals surface area contributed by atoms with Crippen molar-refractivity contribution in [3.8, 4) is 0 Å². The largest absolute Gasteiger partial charge is 0.381 e. The van der Waals surface area contributed by atoms with E-state index in [4.69, 9.17) is 9.47 Å². The lowest BCUT2D eigenvalue weighted by Gasteiger charge is -2.49. The maximum Gasteiger partial charge on any atom is 0.0571 e. The third-order valence-electron chi connectivity index (χ3n) is 12.1. The third kappa shape index (κ3) is 8.70. The molecule has 0 aliphatic heterocycles. The van der Waals surface area contributed by atoms with Crippen molar-refractivity contribution in [1.82, 2.24) is 4.90 Å². The smallest absolute Gasteiger partial charge is 0.0571 e. The van der Waals surface area contributed by atoms with Gasteiger partial charge in [-0.2, -0.15) is 0 Å². The molecule has 3 heteroatoms. The summed E-state index contributed by atoms with van der Waals surface area (Å²) in [7, 11) is 3.77. The molecule has 5 saturated carbocycles. The van der Waals surface area contributed by atoms with Crippen LogP contribution in [0.3, 0.4) is 0 Å². The Labute approximate surface area is 247 Å². The number of allylic oxidation sites excluding steroid dienone is 4. The van der Waals surface area contributed by atoms with Crippen LogP contribution in [-0.4, -0.2) is 49.5 Å². The van der Waals surface area contributed by atoms with Crippen LogP contribution in [0.25, 0.3) is 0 Å². The summed E-state index contributed by atoms with van der Waals surface area (Å²) in [5.74, 6) is 4.19. The van der Waals surface area contributed by atoms with Gasteiger partial charge in [-0.1, -0.05) is 31.2 Å². The number of methoxy groups -OCH3 is 2. The molecule has 0 saturated heterocycles. The Kier molecular flexibility index (Phi) is 12.1. The molecule has 228 valence electrons. The van der Waals surface area contributed by atoms with Gasteiger partial charge in [-0.15, -0.1) is 0 Å². The fourth-order valence-corrected chi connectivity index (χ4v) is 9.28. The fourth-order valence-electron chi connectivity index (χ4n) is 9.28. The van der Waals surface area contributed by atoms with Crippen molar-refractivity contribution in [2.45, 2.75) is 166 Å². The second kappa shape index (κ2) is 15.7. The highest BCUT2D eigenvalue weighted by Crippen LogP contribution is 2.40. The summed E-state index contributed by atoms with van der Waals surface area (Å²) in [6.07, 6.45) is 39.0. The molecule has 0 radical (unpaired) electrons. The van der Waals surface area contributed by atoms with Crippen LogP contribution in [0.1, 0.15) is 135 Å². The summed E-state index contributed by atoms with van der Waals surface area (Å²) in [6, 6.07) is 2.54. The molecule has 0 N–H and O–H groups in total. The van der Waals surface area contributed by atoms with Crippen LogP contribution in [0, 0.1) is 29.6 Å². The number of hydrogen-bond acceptors (Lipinski definition) is 3. The first-order chi connectivity index (χ1) is 19.6. The number of nitrogens with zero attached hydrogens (tertiary/aromatic N) is 1. The molecule has 0 spiro atoms. The molecule has 40 heavy (non-hydrogen) atoms. The summed E-state index contributed by atoms with van der Waals surface area (Å²) in [4.78, 5) is 3.16. The first-order valence-corrected chi connectivity index (χ1v) is 17.8. The van der Waals surface area contributed by atoms with Crippen molar-refractivity contribution in [1.29, 1.82) is 0 Å². The lowest BCUT2D eigenvalue weighted by Crippen LogP contribution is -2.52. The lowest BCUT2D eigenvalue weighted by molar-refractivity contribution is 0.00946. The normalized spacial score (nSPS) is 42.1. The van der Waals surface area contributed by atoms with E-state index in [9.17, 15) is 0 Å². The summed E-state index contributed by atoms with van der Waals surface area (Å²) in [5.41, 5.74) is 0. The topological polar surface area (TPSA) is 21.7 Å². The highest BCUT2D eigenvalue weighted by molar-refractivity contribution is 5.01. The van der Waals surface area contributed by atoms with E-state index in [-0.39, 0.29) is 0 Å². The molecule has 0 aromatic rings. The van der Waals surface area contributed by atoms with Gasteiger partial charge in [-0.05, 0) is 158 Å². The van der Waals surface area contributed by atoms with Crippen LogP contribution >= 0.6 is 0 Å². The Hall–Kier alpha value is -0.640. The van der Waals surface area contributed by atoms with Crippen molar-refractivity contribution in [2.24, 2.45) is 29.6 Å². The van der Waals surface area contributed by atoms with Gasteiger partial charge < -0.3 is 9.47 Å². The molecular formula is C37H63NO2. The second-order valence-electron chi connectivity index (χ2n) is 14.8. The zero-order valence-corrected chi connectivity index (χ0v) is 26.5. The molecule has 5 rings (SSSR count). The van der Waals surface area contributed by atoms with E-state index in [0.29, 0.717) is 12.2 Å². The zero-order valence-electron chi connectivity index (χ0n) is 26.5. The molecule has 0 aromatic heterocycles. The van der Waals surface area contributed by atoms with Gasteiger partial charge in [0, 0.05) is 32.3 Å². The number of hydrogen-bond donors (Lipinski definition) is 0. The summed E-state index contributed by atoms with van der Waals surface area (Å²) < 4.78 is 11.2. The minimum absolute atomic E-state index is 0.515. The second-order valence-corrected chi connectivity index (χ2v) is 14.8. The summed E-state index contributed by atoms with van der Waals surface area (Å²) >= 11 is 0. The Morgan fingerprint density at radius 3 is 0.975 bits per heavy atom. The van der Waals surface area contributed by atoms with E-state index in [1.54, 1.807) is 0 Å². The minimum Gasteiger partial charge on any atom is -0.381 e. The Balaban J connectivity index is 1.11. The van der Waals surface area contributed by atoms with Crippen molar-refractivity contribution >= 4 is 0 Å².